The summed E-state index contributed by atoms with van der Waals surface area (Å²) < 4.78 is 16.2. The maximum absolute atomic E-state index is 12.3. The van der Waals surface area contributed by atoms with Crippen LogP contribution in [0.1, 0.15) is 26.3 Å². The van der Waals surface area contributed by atoms with Gasteiger partial charge >= 0.3 is 5.97 Å². The number of rotatable bonds is 8. The van der Waals surface area contributed by atoms with Crippen molar-refractivity contribution in [2.75, 3.05) is 20.7 Å². The molecule has 0 saturated carbocycles. The van der Waals surface area contributed by atoms with Crippen molar-refractivity contribution in [3.05, 3.63) is 41.7 Å². The van der Waals surface area contributed by atoms with Crippen molar-refractivity contribution in [2.45, 2.75) is 26.9 Å². The molecule has 1 aromatic carbocycles. The van der Waals surface area contributed by atoms with Crippen LogP contribution in [0.2, 0.25) is 0 Å². The highest BCUT2D eigenvalue weighted by atomic mass is 16.5. The first kappa shape index (κ1) is 22.9. The predicted octanol–water partition coefficient (Wildman–Crippen LogP) is 2.17. The number of benzene rings is 1. The number of ether oxygens (including phenoxy) is 3. The molecular formula is C22H25NO7. The van der Waals surface area contributed by atoms with E-state index in [0.717, 1.165) is 12.2 Å². The van der Waals surface area contributed by atoms with Crippen LogP contribution in [0, 0.1) is 5.92 Å². The molecule has 0 fully saturated rings. The Morgan fingerprint density at radius 1 is 1.23 bits per heavy atom. The first-order valence-electron chi connectivity index (χ1n) is 9.44. The van der Waals surface area contributed by atoms with Gasteiger partial charge in [-0.05, 0) is 44.5 Å². The number of allylic oxidation sites excluding steroid dienone is 3. The van der Waals surface area contributed by atoms with Crippen LogP contribution < -0.4 is 9.47 Å². The number of likely N-dealkylation sites (N-methyl/N-ethyl adjacent to an activating group) is 1. The summed E-state index contributed by atoms with van der Waals surface area (Å²) in [4.78, 5) is 49.6. The third kappa shape index (κ3) is 5.56. The SMILES string of the molecule is CCOc1cc(/C=C/C(=O)C2C(=O)C=C(C)OC2=O)ccc1OC(C)C(=O)N(C)C. The normalized spacial score (nSPS) is 17.2. The minimum absolute atomic E-state index is 0.164. The lowest BCUT2D eigenvalue weighted by molar-refractivity contribution is -0.151. The number of carbonyl (C=O) groups excluding carboxylic acids is 4. The Bertz CT molecular complexity index is 914. The van der Waals surface area contributed by atoms with E-state index in [0.29, 0.717) is 23.7 Å². The number of esters is 1. The van der Waals surface area contributed by atoms with Gasteiger partial charge < -0.3 is 19.1 Å². The molecule has 0 bridgehead atoms. The third-order valence-electron chi connectivity index (χ3n) is 4.21. The largest absolute Gasteiger partial charge is 0.490 e. The zero-order chi connectivity index (χ0) is 22.4. The van der Waals surface area contributed by atoms with Gasteiger partial charge in [0.05, 0.1) is 6.61 Å². The molecule has 0 aromatic heterocycles. The van der Waals surface area contributed by atoms with Gasteiger partial charge in [0.2, 0.25) is 0 Å². The summed E-state index contributed by atoms with van der Waals surface area (Å²) in [6.07, 6.45) is 3.05. The van der Waals surface area contributed by atoms with Crippen molar-refractivity contribution in [1.29, 1.82) is 0 Å². The Morgan fingerprint density at radius 2 is 1.93 bits per heavy atom. The number of carbonyl (C=O) groups is 4. The minimum Gasteiger partial charge on any atom is -0.490 e. The van der Waals surface area contributed by atoms with Gasteiger partial charge in [0.1, 0.15) is 5.76 Å². The highest BCUT2D eigenvalue weighted by Gasteiger charge is 2.36. The van der Waals surface area contributed by atoms with Gasteiger partial charge in [-0.2, -0.15) is 0 Å². The summed E-state index contributed by atoms with van der Waals surface area (Å²) in [5.74, 6) is -2.89. The van der Waals surface area contributed by atoms with E-state index in [1.807, 2.05) is 0 Å². The highest BCUT2D eigenvalue weighted by molar-refractivity contribution is 6.25. The molecule has 1 aliphatic heterocycles. The summed E-state index contributed by atoms with van der Waals surface area (Å²) >= 11 is 0. The van der Waals surface area contributed by atoms with Crippen LogP contribution in [0.4, 0.5) is 0 Å². The summed E-state index contributed by atoms with van der Waals surface area (Å²) in [6, 6.07) is 4.93. The van der Waals surface area contributed by atoms with Crippen LogP contribution in [-0.4, -0.2) is 55.1 Å². The first-order valence-corrected chi connectivity index (χ1v) is 9.44. The third-order valence-corrected chi connectivity index (χ3v) is 4.21. The smallest absolute Gasteiger partial charge is 0.329 e. The number of ketones is 2. The lowest BCUT2D eigenvalue weighted by Crippen LogP contribution is -2.35. The average molecular weight is 415 g/mol. The van der Waals surface area contributed by atoms with Gasteiger partial charge in [0.25, 0.3) is 5.91 Å². The molecule has 1 amide bonds. The number of amides is 1. The van der Waals surface area contributed by atoms with E-state index in [1.54, 1.807) is 46.1 Å². The fourth-order valence-electron chi connectivity index (χ4n) is 2.78. The van der Waals surface area contributed by atoms with E-state index in [-0.39, 0.29) is 11.7 Å². The second kappa shape index (κ2) is 9.87. The van der Waals surface area contributed by atoms with Crippen LogP contribution in [0.5, 0.6) is 11.5 Å². The molecule has 1 aliphatic rings. The van der Waals surface area contributed by atoms with Gasteiger partial charge in [0, 0.05) is 20.2 Å². The van der Waals surface area contributed by atoms with Gasteiger partial charge in [-0.3, -0.25) is 19.2 Å². The van der Waals surface area contributed by atoms with Crippen LogP contribution in [-0.2, 0) is 23.9 Å². The van der Waals surface area contributed by atoms with E-state index in [4.69, 9.17) is 14.2 Å². The molecule has 2 rings (SSSR count). The van der Waals surface area contributed by atoms with Crippen molar-refractivity contribution in [3.8, 4) is 11.5 Å². The number of hydrogen-bond acceptors (Lipinski definition) is 7. The predicted molar refractivity (Wildman–Crippen MR) is 109 cm³/mol. The van der Waals surface area contributed by atoms with Crippen molar-refractivity contribution in [1.82, 2.24) is 4.90 Å². The van der Waals surface area contributed by atoms with E-state index in [9.17, 15) is 19.2 Å². The van der Waals surface area contributed by atoms with E-state index < -0.39 is 29.6 Å². The lowest BCUT2D eigenvalue weighted by Gasteiger charge is -2.20. The van der Waals surface area contributed by atoms with Gasteiger partial charge in [-0.1, -0.05) is 12.1 Å². The summed E-state index contributed by atoms with van der Waals surface area (Å²) in [5.41, 5.74) is 0.592. The molecule has 2 atom stereocenters. The highest BCUT2D eigenvalue weighted by Crippen LogP contribution is 2.30. The van der Waals surface area contributed by atoms with Crippen LogP contribution >= 0.6 is 0 Å². The summed E-state index contributed by atoms with van der Waals surface area (Å²) in [6.45, 7) is 5.28. The quantitative estimate of drug-likeness (QED) is 0.364. The van der Waals surface area contributed by atoms with Crippen molar-refractivity contribution in [3.63, 3.8) is 0 Å². The fourth-order valence-corrected chi connectivity index (χ4v) is 2.78. The second-order valence-corrected chi connectivity index (χ2v) is 6.88. The Morgan fingerprint density at radius 3 is 2.53 bits per heavy atom. The molecule has 2 unspecified atom stereocenters. The minimum atomic E-state index is -1.49. The molecule has 0 N–H and O–H groups in total. The summed E-state index contributed by atoms with van der Waals surface area (Å²) in [5, 5.41) is 0. The van der Waals surface area contributed by atoms with E-state index >= 15 is 0 Å². The average Bonchev–Trinajstić information content (AvgIpc) is 2.66. The maximum atomic E-state index is 12.3. The number of nitrogens with zero attached hydrogens (tertiary/aromatic N) is 1. The molecule has 0 aliphatic carbocycles. The van der Waals surface area contributed by atoms with Crippen molar-refractivity contribution in [2.24, 2.45) is 5.92 Å². The monoisotopic (exact) mass is 415 g/mol. The van der Waals surface area contributed by atoms with E-state index in [2.05, 4.69) is 0 Å². The van der Waals surface area contributed by atoms with E-state index in [1.165, 1.54) is 17.9 Å². The Hall–Kier alpha value is -3.42. The molecule has 160 valence electrons. The molecule has 1 aromatic rings. The second-order valence-electron chi connectivity index (χ2n) is 6.88. The first-order chi connectivity index (χ1) is 14.1. The Labute approximate surface area is 175 Å². The molecule has 8 heteroatoms. The van der Waals surface area contributed by atoms with Gasteiger partial charge in [0.15, 0.2) is 35.1 Å². The molecule has 0 saturated heterocycles. The maximum Gasteiger partial charge on any atom is 0.329 e. The molecule has 8 nitrogen and oxygen atoms in total. The Kier molecular flexibility index (Phi) is 7.52. The molecule has 30 heavy (non-hydrogen) atoms. The van der Waals surface area contributed by atoms with Crippen molar-refractivity contribution >= 4 is 29.5 Å². The lowest BCUT2D eigenvalue weighted by atomic mass is 9.96. The standard InChI is InChI=1S/C22H25NO7/c1-6-28-19-12-15(8-10-18(19)30-14(3)21(26)23(4)5)7-9-16(24)20-17(25)11-13(2)29-22(20)27/h7-12,14,20H,6H2,1-5H3/b9-7+. The zero-order valence-electron chi connectivity index (χ0n) is 17.6. The topological polar surface area (TPSA) is 99.2 Å². The van der Waals surface area contributed by atoms with Crippen molar-refractivity contribution < 1.29 is 33.4 Å². The molecular weight excluding hydrogens is 390 g/mol. The molecule has 0 radical (unpaired) electrons. The van der Waals surface area contributed by atoms with Gasteiger partial charge in [-0.15, -0.1) is 0 Å². The number of hydrogen-bond donors (Lipinski definition) is 0. The summed E-state index contributed by atoms with van der Waals surface area (Å²) in [7, 11) is 3.28. The van der Waals surface area contributed by atoms with Crippen LogP contribution in [0.15, 0.2) is 36.1 Å². The van der Waals surface area contributed by atoms with Gasteiger partial charge in [-0.25, -0.2) is 0 Å². The zero-order valence-corrected chi connectivity index (χ0v) is 17.6. The molecule has 0 spiro atoms. The molecule has 1 heterocycles. The Balaban J connectivity index is 2.19. The van der Waals surface area contributed by atoms with Crippen LogP contribution in [0.3, 0.4) is 0 Å². The number of cyclic esters (lactones) is 1. The van der Waals surface area contributed by atoms with Crippen LogP contribution in [0.25, 0.3) is 6.08 Å². The fraction of sp³-hybridized carbons (Fsp3) is 0.364.